The lowest BCUT2D eigenvalue weighted by molar-refractivity contribution is 0.364. The molecule has 0 N–H and O–H groups in total. The van der Waals surface area contributed by atoms with Gasteiger partial charge in [-0.3, -0.25) is 0 Å². The van der Waals surface area contributed by atoms with Gasteiger partial charge in [-0.1, -0.05) is 6.07 Å². The smallest absolute Gasteiger partial charge is 0.249 e. The predicted molar refractivity (Wildman–Crippen MR) is 78.4 cm³/mol. The molecule has 1 aromatic heterocycles. The Balaban J connectivity index is 2.44. The molecule has 0 saturated heterocycles. The standard InChI is InChI=1S/C13H14F2N2O3S2/c1-8(12-9(14)5-4-6-10(12)15)17(2)22(18,19)11-7-21-16-13(11)20-3/h4-8H,1-3H3. The fourth-order valence-electron chi connectivity index (χ4n) is 1.98. The summed E-state index contributed by atoms with van der Waals surface area (Å²) in [4.78, 5) is -0.133. The molecule has 0 fully saturated rings. The van der Waals surface area contributed by atoms with Crippen molar-refractivity contribution in [2.24, 2.45) is 0 Å². The molecule has 0 aliphatic carbocycles. The topological polar surface area (TPSA) is 59.5 Å². The van der Waals surface area contributed by atoms with E-state index in [1.165, 1.54) is 32.5 Å². The van der Waals surface area contributed by atoms with E-state index < -0.39 is 27.7 Å². The van der Waals surface area contributed by atoms with E-state index in [0.29, 0.717) is 0 Å². The van der Waals surface area contributed by atoms with Crippen molar-refractivity contribution in [1.29, 1.82) is 0 Å². The molecule has 5 nitrogen and oxygen atoms in total. The molecule has 0 aliphatic rings. The zero-order valence-electron chi connectivity index (χ0n) is 12.1. The van der Waals surface area contributed by atoms with Gasteiger partial charge < -0.3 is 4.74 Å². The van der Waals surface area contributed by atoms with E-state index in [1.807, 2.05) is 0 Å². The second kappa shape index (κ2) is 6.27. The van der Waals surface area contributed by atoms with Gasteiger partial charge in [0.15, 0.2) is 4.90 Å². The van der Waals surface area contributed by atoms with Crippen LogP contribution < -0.4 is 4.74 Å². The first-order chi connectivity index (χ1) is 10.3. The van der Waals surface area contributed by atoms with Gasteiger partial charge in [-0.05, 0) is 30.6 Å². The lowest BCUT2D eigenvalue weighted by atomic mass is 10.1. The number of hydrogen-bond donors (Lipinski definition) is 0. The lowest BCUT2D eigenvalue weighted by Gasteiger charge is -2.25. The minimum Gasteiger partial charge on any atom is -0.479 e. The highest BCUT2D eigenvalue weighted by Crippen LogP contribution is 2.33. The Morgan fingerprint density at radius 1 is 1.32 bits per heavy atom. The van der Waals surface area contributed by atoms with Crippen LogP contribution >= 0.6 is 11.5 Å². The molecule has 22 heavy (non-hydrogen) atoms. The number of halogens is 2. The number of ether oxygens (including phenoxy) is 1. The molecule has 9 heteroatoms. The maximum atomic E-state index is 13.8. The Morgan fingerprint density at radius 3 is 2.45 bits per heavy atom. The molecule has 0 saturated carbocycles. The predicted octanol–water partition coefficient (Wildman–Crippen LogP) is 2.81. The van der Waals surface area contributed by atoms with Crippen molar-refractivity contribution in [1.82, 2.24) is 8.68 Å². The van der Waals surface area contributed by atoms with Crippen LogP contribution in [0.1, 0.15) is 18.5 Å². The molecule has 1 atom stereocenters. The summed E-state index contributed by atoms with van der Waals surface area (Å²) in [7, 11) is -1.44. The Labute approximate surface area is 131 Å². The van der Waals surface area contributed by atoms with Gasteiger partial charge in [0, 0.05) is 18.0 Å². The highest BCUT2D eigenvalue weighted by atomic mass is 32.2. The van der Waals surface area contributed by atoms with E-state index >= 15 is 0 Å². The first-order valence-electron chi connectivity index (χ1n) is 6.21. The van der Waals surface area contributed by atoms with Gasteiger partial charge >= 0.3 is 0 Å². The van der Waals surface area contributed by atoms with Crippen LogP contribution in [0.2, 0.25) is 0 Å². The van der Waals surface area contributed by atoms with Crippen molar-refractivity contribution in [3.63, 3.8) is 0 Å². The normalized spacial score (nSPS) is 13.4. The zero-order chi connectivity index (χ0) is 16.5. The fraction of sp³-hybridized carbons (Fsp3) is 0.308. The Bertz CT molecular complexity index is 757. The first kappa shape index (κ1) is 16.8. The molecular weight excluding hydrogens is 334 g/mol. The highest BCUT2D eigenvalue weighted by molar-refractivity contribution is 7.89. The first-order valence-corrected chi connectivity index (χ1v) is 8.48. The van der Waals surface area contributed by atoms with Gasteiger partial charge in [0.25, 0.3) is 0 Å². The van der Waals surface area contributed by atoms with Gasteiger partial charge in [-0.15, -0.1) is 0 Å². The van der Waals surface area contributed by atoms with Crippen LogP contribution in [0.5, 0.6) is 5.88 Å². The van der Waals surface area contributed by atoms with Crippen molar-refractivity contribution in [2.75, 3.05) is 14.2 Å². The van der Waals surface area contributed by atoms with E-state index in [2.05, 4.69) is 4.37 Å². The maximum Gasteiger partial charge on any atom is 0.249 e. The molecule has 120 valence electrons. The van der Waals surface area contributed by atoms with Crippen LogP contribution in [-0.2, 0) is 10.0 Å². The molecule has 2 aromatic rings. The van der Waals surface area contributed by atoms with Crippen molar-refractivity contribution in [3.05, 3.63) is 40.8 Å². The second-order valence-corrected chi connectivity index (χ2v) is 7.12. The van der Waals surface area contributed by atoms with Crippen LogP contribution in [-0.4, -0.2) is 31.3 Å². The number of benzene rings is 1. The van der Waals surface area contributed by atoms with Gasteiger partial charge in [0.1, 0.15) is 11.6 Å². The second-order valence-electron chi connectivity index (χ2n) is 4.52. The largest absolute Gasteiger partial charge is 0.479 e. The fourth-order valence-corrected chi connectivity index (χ4v) is 4.35. The number of rotatable bonds is 5. The summed E-state index contributed by atoms with van der Waals surface area (Å²) in [6.07, 6.45) is 0. The summed E-state index contributed by atoms with van der Waals surface area (Å²) in [5.41, 5.74) is -0.310. The third-order valence-corrected chi connectivity index (χ3v) is 6.00. The van der Waals surface area contributed by atoms with Gasteiger partial charge in [0.2, 0.25) is 15.9 Å². The summed E-state index contributed by atoms with van der Waals surface area (Å²) in [5.74, 6) is -1.65. The van der Waals surface area contributed by atoms with Crippen LogP contribution in [0.25, 0.3) is 0 Å². The van der Waals surface area contributed by atoms with Crippen molar-refractivity contribution < 1.29 is 21.9 Å². The van der Waals surface area contributed by atoms with Crippen LogP contribution in [0.4, 0.5) is 8.78 Å². The van der Waals surface area contributed by atoms with E-state index in [-0.39, 0.29) is 16.3 Å². The average Bonchev–Trinajstić information content (AvgIpc) is 2.95. The van der Waals surface area contributed by atoms with E-state index in [4.69, 9.17) is 4.74 Å². The minimum atomic E-state index is -4.00. The molecule has 0 amide bonds. The highest BCUT2D eigenvalue weighted by Gasteiger charge is 2.32. The van der Waals surface area contributed by atoms with Gasteiger partial charge in [-0.2, -0.15) is 8.68 Å². The SMILES string of the molecule is COc1nscc1S(=O)(=O)N(C)C(C)c1c(F)cccc1F. The van der Waals surface area contributed by atoms with Crippen molar-refractivity contribution in [2.45, 2.75) is 17.9 Å². The molecular formula is C13H14F2N2O3S2. The molecule has 0 spiro atoms. The summed E-state index contributed by atoms with van der Waals surface area (Å²) in [6.45, 7) is 1.41. The molecule has 1 heterocycles. The number of nitrogens with zero attached hydrogens (tertiary/aromatic N) is 2. The third-order valence-electron chi connectivity index (χ3n) is 3.32. The van der Waals surface area contributed by atoms with E-state index in [0.717, 1.165) is 28.0 Å². The number of sulfonamides is 1. The van der Waals surface area contributed by atoms with Crippen molar-refractivity contribution >= 4 is 21.6 Å². The van der Waals surface area contributed by atoms with E-state index in [1.54, 1.807) is 0 Å². The summed E-state index contributed by atoms with van der Waals surface area (Å²) < 4.78 is 62.4. The molecule has 0 bridgehead atoms. The zero-order valence-corrected chi connectivity index (χ0v) is 13.7. The molecule has 1 aromatic carbocycles. The summed E-state index contributed by atoms with van der Waals surface area (Å²) in [5, 5.41) is 1.31. The Hall–Kier alpha value is -1.58. The van der Waals surface area contributed by atoms with Gasteiger partial charge in [0.05, 0.1) is 13.2 Å². The van der Waals surface area contributed by atoms with E-state index in [9.17, 15) is 17.2 Å². The molecule has 1 unspecified atom stereocenters. The number of methoxy groups -OCH3 is 1. The average molecular weight is 348 g/mol. The number of hydrogen-bond acceptors (Lipinski definition) is 5. The van der Waals surface area contributed by atoms with Crippen LogP contribution in [0, 0.1) is 11.6 Å². The van der Waals surface area contributed by atoms with Gasteiger partial charge in [-0.25, -0.2) is 17.2 Å². The minimum absolute atomic E-state index is 0.0435. The Morgan fingerprint density at radius 2 is 1.91 bits per heavy atom. The number of aromatic nitrogens is 1. The monoisotopic (exact) mass is 348 g/mol. The summed E-state index contributed by atoms with van der Waals surface area (Å²) >= 11 is 0.920. The van der Waals surface area contributed by atoms with Crippen LogP contribution in [0.15, 0.2) is 28.5 Å². The Kier molecular flexibility index (Phi) is 4.78. The molecule has 0 radical (unpaired) electrons. The third kappa shape index (κ3) is 2.83. The summed E-state index contributed by atoms with van der Waals surface area (Å²) in [6, 6.07) is 2.36. The lowest BCUT2D eigenvalue weighted by Crippen LogP contribution is -2.31. The maximum absolute atomic E-state index is 13.8. The van der Waals surface area contributed by atoms with Crippen LogP contribution in [0.3, 0.4) is 0 Å². The molecule has 0 aliphatic heterocycles. The van der Waals surface area contributed by atoms with Crippen molar-refractivity contribution in [3.8, 4) is 5.88 Å². The molecule has 2 rings (SSSR count). The quantitative estimate of drug-likeness (QED) is 0.834.